The van der Waals surface area contributed by atoms with Crippen molar-refractivity contribution in [2.75, 3.05) is 50.8 Å². The number of ether oxygens (including phenoxy) is 1. The number of hydrogen-bond donors (Lipinski definition) is 0. The number of halogens is 2. The predicted octanol–water partition coefficient (Wildman–Crippen LogP) is 4.03. The van der Waals surface area contributed by atoms with Crippen LogP contribution in [0.25, 0.3) is 22.0 Å². The molecule has 0 aliphatic carbocycles. The fourth-order valence-electron chi connectivity index (χ4n) is 5.96. The summed E-state index contributed by atoms with van der Waals surface area (Å²) in [5, 5.41) is 1.000. The maximum Gasteiger partial charge on any atom is 0.350 e. The van der Waals surface area contributed by atoms with Gasteiger partial charge in [0.25, 0.3) is 0 Å². The number of carbonyl (C=O) groups excluding carboxylic acids is 1. The van der Waals surface area contributed by atoms with Gasteiger partial charge in [-0.2, -0.15) is 4.98 Å². The highest BCUT2D eigenvalue weighted by atomic mass is 35.5. The van der Waals surface area contributed by atoms with Crippen LogP contribution in [0.3, 0.4) is 0 Å². The van der Waals surface area contributed by atoms with Crippen LogP contribution < -0.4 is 15.3 Å². The average molecular weight is 552 g/mol. The van der Waals surface area contributed by atoms with E-state index in [-0.39, 0.29) is 30.3 Å². The van der Waals surface area contributed by atoms with Gasteiger partial charge in [0.1, 0.15) is 18.2 Å². The molecule has 1 aromatic heterocycles. The number of rotatable bonds is 5. The van der Waals surface area contributed by atoms with Gasteiger partial charge in [0.15, 0.2) is 5.75 Å². The van der Waals surface area contributed by atoms with Crippen LogP contribution in [0.5, 0.6) is 5.75 Å². The summed E-state index contributed by atoms with van der Waals surface area (Å²) in [7, 11) is 0. The Bertz CT molecular complexity index is 1550. The molecule has 0 saturated carbocycles. The number of hydrogen-bond acceptors (Lipinski definition) is 6. The third-order valence-electron chi connectivity index (χ3n) is 8.08. The molecule has 2 saturated heterocycles. The first-order valence-electron chi connectivity index (χ1n) is 13.3. The second-order valence-corrected chi connectivity index (χ2v) is 11.1. The lowest BCUT2D eigenvalue weighted by molar-refractivity contribution is -0.126. The fourth-order valence-corrected chi connectivity index (χ4v) is 6.26. The van der Waals surface area contributed by atoms with Crippen molar-refractivity contribution < 1.29 is 13.9 Å². The number of carbonyl (C=O) groups is 1. The van der Waals surface area contributed by atoms with Crippen LogP contribution in [-0.2, 0) is 4.79 Å². The Kier molecular flexibility index (Phi) is 6.59. The number of aromatic nitrogens is 2. The third-order valence-corrected chi connectivity index (χ3v) is 8.37. The van der Waals surface area contributed by atoms with E-state index in [1.54, 1.807) is 27.7 Å². The minimum Gasteiger partial charge on any atom is -0.488 e. The molecular formula is C29H31ClFN5O3. The van der Waals surface area contributed by atoms with Crippen LogP contribution in [0.4, 0.5) is 10.2 Å². The molecule has 6 rings (SSSR count). The molecule has 3 aromatic rings. The highest BCUT2D eigenvalue weighted by molar-refractivity contribution is 6.35. The van der Waals surface area contributed by atoms with E-state index in [0.717, 1.165) is 25.1 Å². The molecule has 3 aliphatic rings. The van der Waals surface area contributed by atoms with Crippen molar-refractivity contribution >= 4 is 34.2 Å². The molecule has 10 heteroatoms. The Balaban J connectivity index is 1.56. The zero-order valence-corrected chi connectivity index (χ0v) is 22.9. The second kappa shape index (κ2) is 9.95. The monoisotopic (exact) mass is 551 g/mol. The van der Waals surface area contributed by atoms with Crippen molar-refractivity contribution in [2.45, 2.75) is 32.4 Å². The zero-order valence-electron chi connectivity index (χ0n) is 22.1. The van der Waals surface area contributed by atoms with Crippen LogP contribution >= 0.6 is 11.6 Å². The van der Waals surface area contributed by atoms with Crippen LogP contribution in [0, 0.1) is 12.7 Å². The van der Waals surface area contributed by atoms with E-state index in [1.807, 2.05) is 18.7 Å². The van der Waals surface area contributed by atoms with Gasteiger partial charge in [0, 0.05) is 48.7 Å². The SMILES string of the molecule is C=CC(=O)N1CCN(c2nc(=O)n3c4c(c(-c5cc(C)ccc5F)c(Cl)cc24)OCC3CN2CCC2)[C@@H](C)C1. The molecule has 0 bridgehead atoms. The molecule has 0 spiro atoms. The van der Waals surface area contributed by atoms with Crippen LogP contribution in [-0.4, -0.2) is 77.2 Å². The maximum absolute atomic E-state index is 15.2. The second-order valence-electron chi connectivity index (χ2n) is 10.7. The van der Waals surface area contributed by atoms with Gasteiger partial charge in [-0.05, 0) is 57.6 Å². The fraction of sp³-hybridized carbons (Fsp3) is 0.414. The van der Waals surface area contributed by atoms with Gasteiger partial charge in [-0.3, -0.25) is 9.36 Å². The van der Waals surface area contributed by atoms with Crippen molar-refractivity contribution in [3.63, 3.8) is 0 Å². The molecule has 0 radical (unpaired) electrons. The number of amides is 1. The Morgan fingerprint density at radius 1 is 1.26 bits per heavy atom. The zero-order chi connectivity index (χ0) is 27.4. The Labute approximate surface area is 231 Å². The largest absolute Gasteiger partial charge is 0.488 e. The van der Waals surface area contributed by atoms with Crippen LogP contribution in [0.2, 0.25) is 5.02 Å². The lowest BCUT2D eigenvalue weighted by Crippen LogP contribution is -2.54. The first-order chi connectivity index (χ1) is 18.8. The number of aryl methyl sites for hydroxylation is 1. The third kappa shape index (κ3) is 4.37. The first-order valence-corrected chi connectivity index (χ1v) is 13.7. The van der Waals surface area contributed by atoms with E-state index in [1.165, 1.54) is 12.1 Å². The summed E-state index contributed by atoms with van der Waals surface area (Å²) in [6, 6.07) is 6.31. The molecule has 8 nitrogen and oxygen atoms in total. The molecule has 2 aromatic carbocycles. The molecule has 1 unspecified atom stereocenters. The van der Waals surface area contributed by atoms with Crippen molar-refractivity contribution in [1.29, 1.82) is 0 Å². The van der Waals surface area contributed by atoms with Gasteiger partial charge in [0.05, 0.1) is 16.6 Å². The van der Waals surface area contributed by atoms with Crippen molar-refractivity contribution in [3.05, 3.63) is 63.8 Å². The van der Waals surface area contributed by atoms with Gasteiger partial charge in [-0.25, -0.2) is 9.18 Å². The van der Waals surface area contributed by atoms with E-state index in [4.69, 9.17) is 16.3 Å². The Morgan fingerprint density at radius 3 is 2.74 bits per heavy atom. The molecule has 3 aliphatic heterocycles. The number of benzene rings is 2. The molecule has 204 valence electrons. The lowest BCUT2D eigenvalue weighted by atomic mass is 9.98. The summed E-state index contributed by atoms with van der Waals surface area (Å²) in [6.07, 6.45) is 2.45. The quantitative estimate of drug-likeness (QED) is 0.446. The Hall–Kier alpha value is -3.43. The van der Waals surface area contributed by atoms with Crippen LogP contribution in [0.1, 0.15) is 24.9 Å². The molecule has 39 heavy (non-hydrogen) atoms. The number of likely N-dealkylation sites (tertiary alicyclic amines) is 1. The van der Waals surface area contributed by atoms with Gasteiger partial charge >= 0.3 is 5.69 Å². The van der Waals surface area contributed by atoms with E-state index < -0.39 is 5.82 Å². The summed E-state index contributed by atoms with van der Waals surface area (Å²) < 4.78 is 23.2. The van der Waals surface area contributed by atoms with E-state index in [2.05, 4.69) is 16.5 Å². The Morgan fingerprint density at radius 2 is 2.05 bits per heavy atom. The van der Waals surface area contributed by atoms with Gasteiger partial charge in [-0.1, -0.05) is 29.8 Å². The van der Waals surface area contributed by atoms with Crippen molar-refractivity contribution in [2.24, 2.45) is 0 Å². The summed E-state index contributed by atoms with van der Waals surface area (Å²) in [4.78, 5) is 36.7. The van der Waals surface area contributed by atoms with Crippen molar-refractivity contribution in [3.8, 4) is 16.9 Å². The first kappa shape index (κ1) is 25.8. The van der Waals surface area contributed by atoms with Gasteiger partial charge in [-0.15, -0.1) is 0 Å². The van der Waals surface area contributed by atoms with E-state index in [0.29, 0.717) is 64.8 Å². The maximum atomic E-state index is 15.2. The summed E-state index contributed by atoms with van der Waals surface area (Å²) >= 11 is 6.89. The lowest BCUT2D eigenvalue weighted by Gasteiger charge is -2.41. The highest BCUT2D eigenvalue weighted by Gasteiger charge is 2.35. The minimum absolute atomic E-state index is 0.106. The van der Waals surface area contributed by atoms with E-state index in [9.17, 15) is 9.59 Å². The topological polar surface area (TPSA) is 70.9 Å². The summed E-state index contributed by atoms with van der Waals surface area (Å²) in [6.45, 7) is 11.8. The highest BCUT2D eigenvalue weighted by Crippen LogP contribution is 2.47. The summed E-state index contributed by atoms with van der Waals surface area (Å²) in [5.74, 6) is 0.360. The molecule has 0 N–H and O–H groups in total. The van der Waals surface area contributed by atoms with Gasteiger partial charge < -0.3 is 19.4 Å². The van der Waals surface area contributed by atoms with Gasteiger partial charge in [0.2, 0.25) is 5.91 Å². The molecule has 2 atom stereocenters. The smallest absolute Gasteiger partial charge is 0.350 e. The number of nitrogens with zero attached hydrogens (tertiary/aromatic N) is 5. The minimum atomic E-state index is -0.413. The molecular weight excluding hydrogens is 521 g/mol. The predicted molar refractivity (Wildman–Crippen MR) is 150 cm³/mol. The average Bonchev–Trinajstić information content (AvgIpc) is 2.89. The van der Waals surface area contributed by atoms with Crippen molar-refractivity contribution in [1.82, 2.24) is 19.4 Å². The number of anilines is 1. The van der Waals surface area contributed by atoms with Crippen LogP contribution in [0.15, 0.2) is 41.7 Å². The molecule has 2 fully saturated rings. The summed E-state index contributed by atoms with van der Waals surface area (Å²) in [5.41, 5.74) is 1.86. The van der Waals surface area contributed by atoms with E-state index >= 15 is 4.39 Å². The molecule has 4 heterocycles. The number of piperazine rings is 1. The standard InChI is InChI=1S/C29H31ClFN5O3/c1-4-24(37)34-10-11-35(18(3)14-34)28-21-13-22(30)25(20-12-17(2)6-7-23(20)31)27-26(21)36(29(38)32-28)19(16-39-27)15-33-8-5-9-33/h4,6-7,12-13,18-19H,1,5,8-11,14-16H2,2-3H3/t18-,19?/m0/s1. The molecule has 1 amide bonds. The normalized spacial score (nSPS) is 21.0.